The largest absolute Gasteiger partial charge is 0.316 e. The van der Waals surface area contributed by atoms with Crippen molar-refractivity contribution in [3.8, 4) is 0 Å². The van der Waals surface area contributed by atoms with Gasteiger partial charge in [-0.1, -0.05) is 36.8 Å². The third-order valence-electron chi connectivity index (χ3n) is 4.26. The number of rotatable bonds is 5. The molecule has 1 heterocycles. The first-order chi connectivity index (χ1) is 8.63. The van der Waals surface area contributed by atoms with E-state index in [1.165, 1.54) is 43.6 Å². The summed E-state index contributed by atoms with van der Waals surface area (Å²) >= 11 is 0. The summed E-state index contributed by atoms with van der Waals surface area (Å²) < 4.78 is 0. The maximum Gasteiger partial charge on any atom is 0.0230 e. The second kappa shape index (κ2) is 5.85. The Morgan fingerprint density at radius 1 is 1.28 bits per heavy atom. The van der Waals surface area contributed by atoms with Crippen molar-refractivity contribution in [2.24, 2.45) is 5.41 Å². The number of hydrogen-bond donors (Lipinski definition) is 1. The predicted octanol–water partition coefficient (Wildman–Crippen LogP) is 2.82. The van der Waals surface area contributed by atoms with Crippen LogP contribution in [0.25, 0.3) is 0 Å². The molecule has 1 aromatic carbocycles. The number of aryl methyl sites for hydroxylation is 1. The van der Waals surface area contributed by atoms with Crippen LogP contribution in [0.5, 0.6) is 0 Å². The lowest BCUT2D eigenvalue weighted by Gasteiger charge is -2.32. The van der Waals surface area contributed by atoms with Gasteiger partial charge in [0.2, 0.25) is 0 Å². The molecule has 0 bridgehead atoms. The van der Waals surface area contributed by atoms with E-state index in [1.807, 2.05) is 0 Å². The Bertz CT molecular complexity index is 363. The van der Waals surface area contributed by atoms with Gasteiger partial charge < -0.3 is 10.2 Å². The van der Waals surface area contributed by atoms with Crippen molar-refractivity contribution in [3.05, 3.63) is 35.4 Å². The smallest absolute Gasteiger partial charge is 0.0230 e. The minimum atomic E-state index is 0.499. The van der Waals surface area contributed by atoms with Gasteiger partial charge in [-0.2, -0.15) is 0 Å². The van der Waals surface area contributed by atoms with Crippen LogP contribution in [0.3, 0.4) is 0 Å². The van der Waals surface area contributed by atoms with E-state index in [1.54, 1.807) is 0 Å². The molecular formula is C16H26N2. The van der Waals surface area contributed by atoms with Crippen molar-refractivity contribution in [3.63, 3.8) is 0 Å². The van der Waals surface area contributed by atoms with E-state index in [0.29, 0.717) is 5.41 Å². The van der Waals surface area contributed by atoms with Crippen LogP contribution >= 0.6 is 0 Å². The molecule has 0 amide bonds. The van der Waals surface area contributed by atoms with Crippen molar-refractivity contribution < 1.29 is 0 Å². The van der Waals surface area contributed by atoms with E-state index >= 15 is 0 Å². The molecule has 1 saturated heterocycles. The van der Waals surface area contributed by atoms with E-state index in [2.05, 4.69) is 55.4 Å². The molecular weight excluding hydrogens is 220 g/mol. The van der Waals surface area contributed by atoms with Crippen LogP contribution in [-0.2, 0) is 6.54 Å². The molecule has 2 heteroatoms. The SMILES string of the molecule is CCC1(CN(C)Cc2ccc(C)cc2)CCNC1. The first kappa shape index (κ1) is 13.6. The van der Waals surface area contributed by atoms with Gasteiger partial charge in [-0.25, -0.2) is 0 Å². The lowest BCUT2D eigenvalue weighted by atomic mass is 9.84. The summed E-state index contributed by atoms with van der Waals surface area (Å²) in [7, 11) is 2.25. The zero-order valence-electron chi connectivity index (χ0n) is 12.0. The summed E-state index contributed by atoms with van der Waals surface area (Å²) in [6.45, 7) is 9.09. The topological polar surface area (TPSA) is 15.3 Å². The lowest BCUT2D eigenvalue weighted by molar-refractivity contribution is 0.179. The molecule has 1 unspecified atom stereocenters. The molecule has 0 aliphatic carbocycles. The van der Waals surface area contributed by atoms with Crippen LogP contribution in [0.4, 0.5) is 0 Å². The van der Waals surface area contributed by atoms with Gasteiger partial charge in [0.05, 0.1) is 0 Å². The molecule has 0 spiro atoms. The van der Waals surface area contributed by atoms with Crippen molar-refractivity contribution >= 4 is 0 Å². The molecule has 1 atom stereocenters. The van der Waals surface area contributed by atoms with Gasteiger partial charge in [-0.3, -0.25) is 0 Å². The summed E-state index contributed by atoms with van der Waals surface area (Å²) in [5, 5.41) is 3.51. The van der Waals surface area contributed by atoms with Gasteiger partial charge in [-0.05, 0) is 44.3 Å². The molecule has 0 saturated carbocycles. The highest BCUT2D eigenvalue weighted by Gasteiger charge is 2.32. The Labute approximate surface area is 111 Å². The zero-order valence-corrected chi connectivity index (χ0v) is 12.0. The predicted molar refractivity (Wildman–Crippen MR) is 77.7 cm³/mol. The zero-order chi connectivity index (χ0) is 13.0. The summed E-state index contributed by atoms with van der Waals surface area (Å²) in [6, 6.07) is 8.90. The maximum absolute atomic E-state index is 3.51. The highest BCUT2D eigenvalue weighted by molar-refractivity contribution is 5.21. The van der Waals surface area contributed by atoms with Gasteiger partial charge in [0.25, 0.3) is 0 Å². The van der Waals surface area contributed by atoms with Crippen LogP contribution in [-0.4, -0.2) is 31.6 Å². The van der Waals surface area contributed by atoms with Crippen molar-refractivity contribution in [1.82, 2.24) is 10.2 Å². The number of nitrogens with zero attached hydrogens (tertiary/aromatic N) is 1. The monoisotopic (exact) mass is 246 g/mol. The van der Waals surface area contributed by atoms with Gasteiger partial charge in [0.1, 0.15) is 0 Å². The molecule has 1 aromatic rings. The van der Waals surface area contributed by atoms with E-state index in [4.69, 9.17) is 0 Å². The second-order valence-corrected chi connectivity index (χ2v) is 5.94. The van der Waals surface area contributed by atoms with Crippen LogP contribution in [0.2, 0.25) is 0 Å². The number of nitrogens with one attached hydrogen (secondary N) is 1. The van der Waals surface area contributed by atoms with Gasteiger partial charge in [-0.15, -0.1) is 0 Å². The van der Waals surface area contributed by atoms with E-state index in [0.717, 1.165) is 6.54 Å². The molecule has 0 radical (unpaired) electrons. The van der Waals surface area contributed by atoms with Crippen molar-refractivity contribution in [2.75, 3.05) is 26.7 Å². The molecule has 2 rings (SSSR count). The number of benzene rings is 1. The Morgan fingerprint density at radius 2 is 2.00 bits per heavy atom. The fraction of sp³-hybridized carbons (Fsp3) is 0.625. The average molecular weight is 246 g/mol. The maximum atomic E-state index is 3.51. The summed E-state index contributed by atoms with van der Waals surface area (Å²) in [5.74, 6) is 0. The summed E-state index contributed by atoms with van der Waals surface area (Å²) in [6.07, 6.45) is 2.60. The van der Waals surface area contributed by atoms with Gasteiger partial charge >= 0.3 is 0 Å². The second-order valence-electron chi connectivity index (χ2n) is 5.94. The quantitative estimate of drug-likeness (QED) is 0.859. The molecule has 1 aliphatic heterocycles. The Kier molecular flexibility index (Phi) is 4.41. The summed E-state index contributed by atoms with van der Waals surface area (Å²) in [5.41, 5.74) is 3.26. The normalized spacial score (nSPS) is 23.8. The third-order valence-corrected chi connectivity index (χ3v) is 4.26. The molecule has 0 aromatic heterocycles. The minimum absolute atomic E-state index is 0.499. The molecule has 1 fully saturated rings. The summed E-state index contributed by atoms with van der Waals surface area (Å²) in [4.78, 5) is 2.47. The first-order valence-electron chi connectivity index (χ1n) is 7.08. The Balaban J connectivity index is 1.91. The average Bonchev–Trinajstić information content (AvgIpc) is 2.81. The molecule has 2 nitrogen and oxygen atoms in total. The molecule has 1 aliphatic rings. The first-order valence-corrected chi connectivity index (χ1v) is 7.08. The van der Waals surface area contributed by atoms with E-state index in [9.17, 15) is 0 Å². The Hall–Kier alpha value is -0.860. The molecule has 18 heavy (non-hydrogen) atoms. The fourth-order valence-electron chi connectivity index (χ4n) is 2.98. The third kappa shape index (κ3) is 3.33. The minimum Gasteiger partial charge on any atom is -0.316 e. The highest BCUT2D eigenvalue weighted by Crippen LogP contribution is 2.30. The van der Waals surface area contributed by atoms with E-state index in [-0.39, 0.29) is 0 Å². The van der Waals surface area contributed by atoms with Crippen molar-refractivity contribution in [2.45, 2.75) is 33.2 Å². The van der Waals surface area contributed by atoms with Crippen LogP contribution < -0.4 is 5.32 Å². The van der Waals surface area contributed by atoms with Crippen LogP contribution in [0.1, 0.15) is 30.9 Å². The highest BCUT2D eigenvalue weighted by atomic mass is 15.1. The van der Waals surface area contributed by atoms with Crippen LogP contribution in [0, 0.1) is 12.3 Å². The van der Waals surface area contributed by atoms with Crippen LogP contribution in [0.15, 0.2) is 24.3 Å². The fourth-order valence-corrected chi connectivity index (χ4v) is 2.98. The van der Waals surface area contributed by atoms with Gasteiger partial charge in [0, 0.05) is 19.6 Å². The molecule has 1 N–H and O–H groups in total. The molecule has 100 valence electrons. The lowest BCUT2D eigenvalue weighted by Crippen LogP contribution is -2.36. The standard InChI is InChI=1S/C16H26N2/c1-4-16(9-10-17-12-16)13-18(3)11-15-7-5-14(2)6-8-15/h5-8,17H,4,9-13H2,1-3H3. The van der Waals surface area contributed by atoms with Gasteiger partial charge in [0.15, 0.2) is 0 Å². The van der Waals surface area contributed by atoms with E-state index < -0.39 is 0 Å². The Morgan fingerprint density at radius 3 is 2.56 bits per heavy atom. The van der Waals surface area contributed by atoms with Crippen molar-refractivity contribution in [1.29, 1.82) is 0 Å². The number of hydrogen-bond acceptors (Lipinski definition) is 2.